The van der Waals surface area contributed by atoms with Gasteiger partial charge in [0.25, 0.3) is 0 Å². The quantitative estimate of drug-likeness (QED) is 0.615. The van der Waals surface area contributed by atoms with Gasteiger partial charge >= 0.3 is 0 Å². The van der Waals surface area contributed by atoms with E-state index in [-0.39, 0.29) is 0 Å². The molecule has 4 atom stereocenters. The summed E-state index contributed by atoms with van der Waals surface area (Å²) in [5, 5.41) is 0. The smallest absolute Gasteiger partial charge is 0.108 e. The first kappa shape index (κ1) is 12.2. The SMILES string of the molecule is Cn1ccnc1CCC(NN)C1CC2CCC1C2. The molecule has 0 aromatic carbocycles. The lowest BCUT2D eigenvalue weighted by molar-refractivity contribution is 0.239. The molecule has 18 heavy (non-hydrogen) atoms. The molecular weight excluding hydrogens is 224 g/mol. The molecule has 4 heteroatoms. The number of hydrazine groups is 1. The van der Waals surface area contributed by atoms with Gasteiger partial charge in [0.05, 0.1) is 0 Å². The van der Waals surface area contributed by atoms with Crippen molar-refractivity contribution in [3.63, 3.8) is 0 Å². The van der Waals surface area contributed by atoms with Crippen LogP contribution in [0.25, 0.3) is 0 Å². The summed E-state index contributed by atoms with van der Waals surface area (Å²) in [5.41, 5.74) is 3.07. The second-order valence-corrected chi connectivity index (χ2v) is 6.10. The van der Waals surface area contributed by atoms with Crippen molar-refractivity contribution in [1.82, 2.24) is 15.0 Å². The first-order valence-electron chi connectivity index (χ1n) is 7.20. The minimum Gasteiger partial charge on any atom is -0.338 e. The van der Waals surface area contributed by atoms with E-state index >= 15 is 0 Å². The van der Waals surface area contributed by atoms with Crippen LogP contribution >= 0.6 is 0 Å². The normalized spacial score (nSPS) is 32.0. The highest BCUT2D eigenvalue weighted by atomic mass is 15.2. The first-order chi connectivity index (χ1) is 8.78. The molecular formula is C14H24N4. The molecule has 4 unspecified atom stereocenters. The molecule has 0 amide bonds. The van der Waals surface area contributed by atoms with Crippen molar-refractivity contribution in [2.24, 2.45) is 30.6 Å². The average molecular weight is 248 g/mol. The van der Waals surface area contributed by atoms with Gasteiger partial charge in [-0.25, -0.2) is 4.98 Å². The fourth-order valence-corrected chi connectivity index (χ4v) is 4.13. The molecule has 2 aliphatic carbocycles. The average Bonchev–Trinajstić information content (AvgIpc) is 3.07. The summed E-state index contributed by atoms with van der Waals surface area (Å²) in [6.07, 6.45) is 11.7. The first-order valence-corrected chi connectivity index (χ1v) is 7.20. The molecule has 2 saturated carbocycles. The van der Waals surface area contributed by atoms with Crippen molar-refractivity contribution in [3.8, 4) is 0 Å². The van der Waals surface area contributed by atoms with Gasteiger partial charge in [-0.15, -0.1) is 0 Å². The summed E-state index contributed by atoms with van der Waals surface area (Å²) in [7, 11) is 2.06. The van der Waals surface area contributed by atoms with E-state index in [1.807, 2.05) is 12.4 Å². The standard InChI is InChI=1S/C14H24N4/c1-18-7-6-16-14(18)5-4-13(17-15)12-9-10-2-3-11(12)8-10/h6-7,10-13,17H,2-5,8-9,15H2,1H3. The Labute approximate surface area is 109 Å². The van der Waals surface area contributed by atoms with Crippen molar-refractivity contribution >= 4 is 0 Å². The predicted molar refractivity (Wildman–Crippen MR) is 71.6 cm³/mol. The molecule has 2 fully saturated rings. The number of aromatic nitrogens is 2. The molecule has 0 radical (unpaired) electrons. The van der Waals surface area contributed by atoms with Crippen LogP contribution in [0, 0.1) is 17.8 Å². The molecule has 2 aliphatic rings. The Morgan fingerprint density at radius 1 is 1.50 bits per heavy atom. The van der Waals surface area contributed by atoms with Crippen LogP contribution in [0.4, 0.5) is 0 Å². The molecule has 0 spiro atoms. The van der Waals surface area contributed by atoms with E-state index in [4.69, 9.17) is 5.84 Å². The van der Waals surface area contributed by atoms with Gasteiger partial charge in [-0.3, -0.25) is 11.3 Å². The van der Waals surface area contributed by atoms with Gasteiger partial charge < -0.3 is 4.57 Å². The Kier molecular flexibility index (Phi) is 3.39. The molecule has 0 saturated heterocycles. The summed E-state index contributed by atoms with van der Waals surface area (Å²) in [4.78, 5) is 4.39. The van der Waals surface area contributed by atoms with Gasteiger partial charge in [0.1, 0.15) is 5.82 Å². The lowest BCUT2D eigenvalue weighted by atomic mass is 9.82. The molecule has 3 rings (SSSR count). The van der Waals surface area contributed by atoms with E-state index < -0.39 is 0 Å². The summed E-state index contributed by atoms with van der Waals surface area (Å²) in [5.74, 6) is 9.67. The Morgan fingerprint density at radius 2 is 2.39 bits per heavy atom. The van der Waals surface area contributed by atoms with Crippen molar-refractivity contribution in [2.75, 3.05) is 0 Å². The summed E-state index contributed by atoms with van der Waals surface area (Å²) < 4.78 is 2.11. The maximum atomic E-state index is 5.78. The third-order valence-corrected chi connectivity index (χ3v) is 5.12. The van der Waals surface area contributed by atoms with Crippen LogP contribution in [0.2, 0.25) is 0 Å². The highest BCUT2D eigenvalue weighted by molar-refractivity contribution is 4.97. The number of fused-ring (bicyclic) bond motifs is 2. The van der Waals surface area contributed by atoms with Crippen LogP contribution in [0.3, 0.4) is 0 Å². The van der Waals surface area contributed by atoms with E-state index in [0.29, 0.717) is 6.04 Å². The van der Waals surface area contributed by atoms with Gasteiger partial charge in [-0.05, 0) is 43.4 Å². The Morgan fingerprint density at radius 3 is 2.94 bits per heavy atom. The van der Waals surface area contributed by atoms with Crippen LogP contribution in [0.1, 0.15) is 37.9 Å². The second-order valence-electron chi connectivity index (χ2n) is 6.10. The summed E-state index contributed by atoms with van der Waals surface area (Å²) in [6.45, 7) is 0. The minimum atomic E-state index is 0.469. The largest absolute Gasteiger partial charge is 0.338 e. The number of rotatable bonds is 5. The third kappa shape index (κ3) is 2.19. The van der Waals surface area contributed by atoms with E-state index in [1.54, 1.807) is 0 Å². The molecule has 100 valence electrons. The van der Waals surface area contributed by atoms with Gasteiger partial charge in [0.15, 0.2) is 0 Å². The van der Waals surface area contributed by atoms with Crippen LogP contribution < -0.4 is 11.3 Å². The molecule has 1 heterocycles. The van der Waals surface area contributed by atoms with Gasteiger partial charge in [0.2, 0.25) is 0 Å². The van der Waals surface area contributed by atoms with Crippen molar-refractivity contribution < 1.29 is 0 Å². The topological polar surface area (TPSA) is 55.9 Å². The zero-order chi connectivity index (χ0) is 12.5. The number of hydrogen-bond donors (Lipinski definition) is 2. The van der Waals surface area contributed by atoms with Crippen molar-refractivity contribution in [2.45, 2.75) is 44.6 Å². The Bertz CT molecular complexity index is 400. The summed E-state index contributed by atoms with van der Waals surface area (Å²) in [6, 6.07) is 0.469. The third-order valence-electron chi connectivity index (χ3n) is 5.12. The lowest BCUT2D eigenvalue weighted by Gasteiger charge is -2.30. The molecule has 1 aromatic rings. The Hall–Kier alpha value is -0.870. The highest BCUT2D eigenvalue weighted by Crippen LogP contribution is 2.49. The van der Waals surface area contributed by atoms with Gasteiger partial charge in [-0.1, -0.05) is 6.42 Å². The number of aryl methyl sites for hydroxylation is 2. The number of nitrogens with two attached hydrogens (primary N) is 1. The predicted octanol–water partition coefficient (Wildman–Crippen LogP) is 1.62. The molecule has 0 aliphatic heterocycles. The zero-order valence-corrected chi connectivity index (χ0v) is 11.2. The molecule has 1 aromatic heterocycles. The van der Waals surface area contributed by atoms with Crippen LogP contribution in [-0.2, 0) is 13.5 Å². The zero-order valence-electron chi connectivity index (χ0n) is 11.2. The van der Waals surface area contributed by atoms with E-state index in [0.717, 1.165) is 30.6 Å². The van der Waals surface area contributed by atoms with Crippen molar-refractivity contribution in [1.29, 1.82) is 0 Å². The number of imidazole rings is 1. The Balaban J connectivity index is 1.58. The number of nitrogens with one attached hydrogen (secondary N) is 1. The van der Waals surface area contributed by atoms with Gasteiger partial charge in [-0.2, -0.15) is 0 Å². The molecule has 2 bridgehead atoms. The molecule has 4 nitrogen and oxygen atoms in total. The fourth-order valence-electron chi connectivity index (χ4n) is 4.13. The number of hydrogen-bond acceptors (Lipinski definition) is 3. The van der Waals surface area contributed by atoms with Crippen LogP contribution in [0.5, 0.6) is 0 Å². The van der Waals surface area contributed by atoms with E-state index in [1.165, 1.54) is 31.5 Å². The maximum absolute atomic E-state index is 5.78. The minimum absolute atomic E-state index is 0.469. The second kappa shape index (κ2) is 5.02. The van der Waals surface area contributed by atoms with Crippen LogP contribution in [0.15, 0.2) is 12.4 Å². The van der Waals surface area contributed by atoms with Gasteiger partial charge in [0, 0.05) is 31.9 Å². The van der Waals surface area contributed by atoms with E-state index in [2.05, 4.69) is 22.0 Å². The van der Waals surface area contributed by atoms with Crippen LogP contribution in [-0.4, -0.2) is 15.6 Å². The fraction of sp³-hybridized carbons (Fsp3) is 0.786. The summed E-state index contributed by atoms with van der Waals surface area (Å²) >= 11 is 0. The van der Waals surface area contributed by atoms with E-state index in [9.17, 15) is 0 Å². The lowest BCUT2D eigenvalue weighted by Crippen LogP contribution is -2.43. The number of nitrogens with zero attached hydrogens (tertiary/aromatic N) is 2. The van der Waals surface area contributed by atoms with Crippen molar-refractivity contribution in [3.05, 3.63) is 18.2 Å². The monoisotopic (exact) mass is 248 g/mol. The molecule has 3 N–H and O–H groups in total. The maximum Gasteiger partial charge on any atom is 0.108 e. The highest BCUT2D eigenvalue weighted by Gasteiger charge is 2.42.